The predicted molar refractivity (Wildman–Crippen MR) is 122 cm³/mol. The van der Waals surface area contributed by atoms with E-state index in [9.17, 15) is 0 Å². The van der Waals surface area contributed by atoms with Crippen molar-refractivity contribution in [3.05, 3.63) is 60.4 Å². The maximum Gasteiger partial charge on any atom is 0.257 e. The van der Waals surface area contributed by atoms with E-state index in [2.05, 4.69) is 72.1 Å². The Bertz CT molecular complexity index is 1190. The Morgan fingerprint density at radius 3 is 2.72 bits per heavy atom. The summed E-state index contributed by atoms with van der Waals surface area (Å²) in [4.78, 5) is 6.83. The minimum Gasteiger partial charge on any atom is -0.329 e. The standard InChI is InChI=1S/C22H25N5OS/c1-22(2,3)29(5)28-14-16-9-8-10-17(13-16)26(4)20-18-11-6-7-12-19(18)27-15-23-25-21(27)24-20/h6-13,15H,5,14H2,1-4H3. The molecule has 2 heterocycles. The van der Waals surface area contributed by atoms with Crippen LogP contribution >= 0.6 is 10.8 Å². The first-order valence-corrected chi connectivity index (χ1v) is 10.7. The van der Waals surface area contributed by atoms with Crippen LogP contribution < -0.4 is 4.90 Å². The quantitative estimate of drug-likeness (QED) is 0.437. The van der Waals surface area contributed by atoms with E-state index in [-0.39, 0.29) is 15.5 Å². The largest absolute Gasteiger partial charge is 0.329 e. The fourth-order valence-corrected chi connectivity index (χ4v) is 3.68. The summed E-state index contributed by atoms with van der Waals surface area (Å²) in [7, 11) is 1.65. The molecule has 0 spiro atoms. The first-order valence-electron chi connectivity index (χ1n) is 9.43. The second-order valence-corrected chi connectivity index (χ2v) is 10.1. The summed E-state index contributed by atoms with van der Waals surface area (Å²) in [5, 5.41) is 9.19. The van der Waals surface area contributed by atoms with E-state index >= 15 is 0 Å². The van der Waals surface area contributed by atoms with Crippen LogP contribution in [0.1, 0.15) is 26.3 Å². The van der Waals surface area contributed by atoms with Crippen LogP contribution in [0.25, 0.3) is 16.7 Å². The molecular weight excluding hydrogens is 382 g/mol. The molecule has 0 amide bonds. The topological polar surface area (TPSA) is 55.5 Å². The zero-order valence-electron chi connectivity index (χ0n) is 17.2. The van der Waals surface area contributed by atoms with Gasteiger partial charge in [0.1, 0.15) is 12.1 Å². The Morgan fingerprint density at radius 1 is 1.14 bits per heavy atom. The molecule has 0 aliphatic rings. The van der Waals surface area contributed by atoms with Crippen molar-refractivity contribution < 1.29 is 4.18 Å². The first-order chi connectivity index (χ1) is 13.8. The van der Waals surface area contributed by atoms with Gasteiger partial charge in [0.25, 0.3) is 5.78 Å². The van der Waals surface area contributed by atoms with Crippen molar-refractivity contribution in [1.82, 2.24) is 19.6 Å². The number of nitrogens with zero attached hydrogens (tertiary/aromatic N) is 5. The van der Waals surface area contributed by atoms with Crippen LogP contribution in [0.15, 0.2) is 54.9 Å². The van der Waals surface area contributed by atoms with Gasteiger partial charge in [-0.15, -0.1) is 10.2 Å². The number of anilines is 2. The van der Waals surface area contributed by atoms with E-state index < -0.39 is 0 Å². The molecule has 6 nitrogen and oxygen atoms in total. The lowest BCUT2D eigenvalue weighted by Crippen LogP contribution is -2.13. The molecule has 150 valence electrons. The summed E-state index contributed by atoms with van der Waals surface area (Å²) in [5.74, 6) is 5.58. The van der Waals surface area contributed by atoms with Crippen LogP contribution in [0.4, 0.5) is 11.5 Å². The Kier molecular flexibility index (Phi) is 5.10. The number of aromatic nitrogens is 4. The fourth-order valence-electron chi connectivity index (χ4n) is 3.05. The lowest BCUT2D eigenvalue weighted by atomic mass is 10.2. The smallest absolute Gasteiger partial charge is 0.257 e. The van der Waals surface area contributed by atoms with Crippen molar-refractivity contribution in [2.75, 3.05) is 11.9 Å². The van der Waals surface area contributed by atoms with E-state index in [0.717, 1.165) is 28.0 Å². The highest BCUT2D eigenvalue weighted by Gasteiger charge is 2.16. The highest BCUT2D eigenvalue weighted by molar-refractivity contribution is 8.11. The van der Waals surface area contributed by atoms with E-state index in [4.69, 9.17) is 9.17 Å². The lowest BCUT2D eigenvalue weighted by Gasteiger charge is -2.23. The SMILES string of the molecule is C=S(OCc1cccc(N(C)c2nc3nncn3c3ccccc23)c1)C(C)(C)C. The Morgan fingerprint density at radius 2 is 1.93 bits per heavy atom. The van der Waals surface area contributed by atoms with Crippen molar-refractivity contribution in [3.63, 3.8) is 0 Å². The van der Waals surface area contributed by atoms with Gasteiger partial charge in [-0.05, 0) is 56.5 Å². The number of hydrogen-bond donors (Lipinski definition) is 0. The minimum absolute atomic E-state index is 0.0326. The van der Waals surface area contributed by atoms with Gasteiger partial charge < -0.3 is 9.08 Å². The zero-order valence-corrected chi connectivity index (χ0v) is 18.0. The summed E-state index contributed by atoms with van der Waals surface area (Å²) < 4.78 is 7.95. The monoisotopic (exact) mass is 407 g/mol. The summed E-state index contributed by atoms with van der Waals surface area (Å²) in [5.41, 5.74) is 3.16. The summed E-state index contributed by atoms with van der Waals surface area (Å²) in [6.45, 7) is 6.96. The van der Waals surface area contributed by atoms with Gasteiger partial charge in [0.05, 0.1) is 12.1 Å². The summed E-state index contributed by atoms with van der Waals surface area (Å²) >= 11 is 0. The number of hydrogen-bond acceptors (Lipinski definition) is 5. The molecule has 0 aliphatic heterocycles. The van der Waals surface area contributed by atoms with E-state index in [1.165, 1.54) is 0 Å². The lowest BCUT2D eigenvalue weighted by molar-refractivity contribution is 0.354. The van der Waals surface area contributed by atoms with Gasteiger partial charge in [-0.3, -0.25) is 4.40 Å². The summed E-state index contributed by atoms with van der Waals surface area (Å²) in [6, 6.07) is 16.5. The van der Waals surface area contributed by atoms with Crippen LogP contribution in [-0.4, -0.2) is 37.2 Å². The highest BCUT2D eigenvalue weighted by Crippen LogP contribution is 2.33. The molecule has 4 aromatic rings. The van der Waals surface area contributed by atoms with E-state index in [0.29, 0.717) is 12.4 Å². The zero-order chi connectivity index (χ0) is 20.6. The molecule has 4 rings (SSSR count). The first kappa shape index (κ1) is 19.5. The van der Waals surface area contributed by atoms with Crippen LogP contribution in [0.5, 0.6) is 0 Å². The van der Waals surface area contributed by atoms with Gasteiger partial charge >= 0.3 is 0 Å². The van der Waals surface area contributed by atoms with Crippen LogP contribution in [-0.2, 0) is 10.8 Å². The average Bonchev–Trinajstić information content (AvgIpc) is 3.19. The maximum absolute atomic E-state index is 6.01. The number of para-hydroxylation sites is 1. The molecule has 0 saturated carbocycles. The number of rotatable bonds is 5. The third kappa shape index (κ3) is 3.88. The molecule has 0 N–H and O–H groups in total. The van der Waals surface area contributed by atoms with Crippen LogP contribution in [0, 0.1) is 0 Å². The number of fused-ring (bicyclic) bond motifs is 3. The van der Waals surface area contributed by atoms with Gasteiger partial charge in [0.15, 0.2) is 0 Å². The molecule has 2 aromatic heterocycles. The van der Waals surface area contributed by atoms with Crippen molar-refractivity contribution in [2.24, 2.45) is 0 Å². The molecule has 0 aliphatic carbocycles. The van der Waals surface area contributed by atoms with Gasteiger partial charge in [-0.2, -0.15) is 4.98 Å². The van der Waals surface area contributed by atoms with Crippen molar-refractivity contribution in [3.8, 4) is 0 Å². The summed E-state index contributed by atoms with van der Waals surface area (Å²) in [6.07, 6.45) is 1.69. The fraction of sp³-hybridized carbons (Fsp3) is 0.273. The van der Waals surface area contributed by atoms with Crippen molar-refractivity contribution in [1.29, 1.82) is 0 Å². The van der Waals surface area contributed by atoms with E-state index in [1.54, 1.807) is 6.33 Å². The van der Waals surface area contributed by atoms with Crippen LogP contribution in [0.2, 0.25) is 0 Å². The van der Waals surface area contributed by atoms with E-state index in [1.807, 2.05) is 29.6 Å². The molecule has 2 aromatic carbocycles. The predicted octanol–water partition coefficient (Wildman–Crippen LogP) is 4.98. The second-order valence-electron chi connectivity index (χ2n) is 7.90. The molecule has 0 radical (unpaired) electrons. The molecule has 0 saturated heterocycles. The van der Waals surface area contributed by atoms with Gasteiger partial charge in [0, 0.05) is 22.9 Å². The molecule has 29 heavy (non-hydrogen) atoms. The Balaban J connectivity index is 1.68. The molecule has 1 unspecified atom stereocenters. The van der Waals surface area contributed by atoms with Crippen LogP contribution in [0.3, 0.4) is 0 Å². The number of benzene rings is 2. The van der Waals surface area contributed by atoms with Gasteiger partial charge in [-0.1, -0.05) is 35.0 Å². The molecule has 0 bridgehead atoms. The molecule has 7 heteroatoms. The maximum atomic E-state index is 6.01. The molecule has 0 fully saturated rings. The minimum atomic E-state index is -0.365. The van der Waals surface area contributed by atoms with Gasteiger partial charge in [-0.25, -0.2) is 0 Å². The molecular formula is C22H25N5OS. The Labute approximate surface area is 173 Å². The third-order valence-electron chi connectivity index (χ3n) is 4.81. The van der Waals surface area contributed by atoms with Gasteiger partial charge in [0.2, 0.25) is 0 Å². The second kappa shape index (κ2) is 7.57. The highest BCUT2D eigenvalue weighted by atomic mass is 32.2. The molecule has 1 atom stereocenters. The Hall–Kier alpha value is -2.77. The average molecular weight is 408 g/mol. The van der Waals surface area contributed by atoms with Crippen molar-refractivity contribution >= 4 is 44.8 Å². The van der Waals surface area contributed by atoms with Crippen molar-refractivity contribution in [2.45, 2.75) is 32.1 Å². The normalized spacial score (nSPS) is 13.1. The third-order valence-corrected chi connectivity index (χ3v) is 6.57.